The van der Waals surface area contributed by atoms with Crippen molar-refractivity contribution in [2.75, 3.05) is 6.54 Å². The monoisotopic (exact) mass is 197 g/mol. The number of halogens is 2. The second kappa shape index (κ2) is 4.27. The molecule has 0 fully saturated rings. The molecule has 0 atom stereocenters. The molecule has 1 rings (SSSR count). The highest BCUT2D eigenvalue weighted by Crippen LogP contribution is 2.19. The molecule has 0 aliphatic rings. The van der Waals surface area contributed by atoms with Crippen LogP contribution in [0, 0.1) is 24.6 Å². The molecular formula is C10H9ClFN. The molecule has 2 N–H and O–H groups in total. The van der Waals surface area contributed by atoms with Crippen molar-refractivity contribution in [3.05, 3.63) is 34.1 Å². The lowest BCUT2D eigenvalue weighted by atomic mass is 10.1. The van der Waals surface area contributed by atoms with E-state index in [-0.39, 0.29) is 12.4 Å². The first-order valence-corrected chi connectivity index (χ1v) is 4.17. The van der Waals surface area contributed by atoms with Crippen molar-refractivity contribution in [3.63, 3.8) is 0 Å². The van der Waals surface area contributed by atoms with Crippen molar-refractivity contribution in [2.45, 2.75) is 6.92 Å². The summed E-state index contributed by atoms with van der Waals surface area (Å²) < 4.78 is 13.2. The molecule has 0 bridgehead atoms. The van der Waals surface area contributed by atoms with Gasteiger partial charge in [-0.2, -0.15) is 0 Å². The van der Waals surface area contributed by atoms with Gasteiger partial charge >= 0.3 is 0 Å². The first-order chi connectivity index (χ1) is 6.15. The molecule has 68 valence electrons. The third-order valence-electron chi connectivity index (χ3n) is 1.57. The summed E-state index contributed by atoms with van der Waals surface area (Å²) in [5, 5.41) is 0.516. The minimum atomic E-state index is -0.358. The third kappa shape index (κ3) is 2.45. The number of hydrogen-bond acceptors (Lipinski definition) is 1. The fourth-order valence-corrected chi connectivity index (χ4v) is 1.05. The van der Waals surface area contributed by atoms with Crippen LogP contribution in [0.1, 0.15) is 11.1 Å². The Labute approximate surface area is 81.7 Å². The zero-order valence-corrected chi connectivity index (χ0v) is 7.95. The molecule has 0 unspecified atom stereocenters. The van der Waals surface area contributed by atoms with E-state index in [1.165, 1.54) is 12.1 Å². The molecule has 0 saturated carbocycles. The zero-order chi connectivity index (χ0) is 9.84. The second-order valence-corrected chi connectivity index (χ2v) is 2.99. The Bertz CT molecular complexity index is 376. The molecule has 1 aromatic carbocycles. The predicted octanol–water partition coefficient (Wildman–Crippen LogP) is 2.10. The lowest BCUT2D eigenvalue weighted by molar-refractivity contribution is 0.623. The molecule has 13 heavy (non-hydrogen) atoms. The van der Waals surface area contributed by atoms with Crippen molar-refractivity contribution in [1.82, 2.24) is 0 Å². The summed E-state index contributed by atoms with van der Waals surface area (Å²) in [5.74, 6) is 4.82. The van der Waals surface area contributed by atoms with Gasteiger partial charge in [-0.15, -0.1) is 0 Å². The largest absolute Gasteiger partial charge is 0.320 e. The summed E-state index contributed by atoms with van der Waals surface area (Å²) in [7, 11) is 0. The maximum Gasteiger partial charge on any atom is 0.139 e. The van der Waals surface area contributed by atoms with Crippen molar-refractivity contribution in [1.29, 1.82) is 0 Å². The van der Waals surface area contributed by atoms with Crippen LogP contribution in [0.2, 0.25) is 5.02 Å². The fourth-order valence-electron chi connectivity index (χ4n) is 0.888. The number of rotatable bonds is 0. The molecule has 3 heteroatoms. The van der Waals surface area contributed by atoms with E-state index < -0.39 is 0 Å². The van der Waals surface area contributed by atoms with E-state index in [9.17, 15) is 4.39 Å². The van der Waals surface area contributed by atoms with Crippen LogP contribution in [0.3, 0.4) is 0 Å². The Hall–Kier alpha value is -1.04. The molecule has 1 aromatic rings. The minimum Gasteiger partial charge on any atom is -0.320 e. The summed E-state index contributed by atoms with van der Waals surface area (Å²) in [4.78, 5) is 0. The van der Waals surface area contributed by atoms with Crippen molar-refractivity contribution >= 4 is 11.6 Å². The van der Waals surface area contributed by atoms with E-state index >= 15 is 0 Å². The molecular weight excluding hydrogens is 189 g/mol. The van der Waals surface area contributed by atoms with E-state index in [0.29, 0.717) is 16.1 Å². The minimum absolute atomic E-state index is 0.213. The SMILES string of the molecule is Cc1cc(F)c(C#CCN)cc1Cl. The van der Waals surface area contributed by atoms with Gasteiger partial charge in [0, 0.05) is 5.02 Å². The maximum atomic E-state index is 13.2. The van der Waals surface area contributed by atoms with Crippen molar-refractivity contribution in [2.24, 2.45) is 5.73 Å². The molecule has 0 amide bonds. The molecule has 0 spiro atoms. The first-order valence-electron chi connectivity index (χ1n) is 3.79. The summed E-state index contributed by atoms with van der Waals surface area (Å²) in [5.41, 5.74) is 6.16. The molecule has 0 aromatic heterocycles. The Morgan fingerprint density at radius 3 is 2.85 bits per heavy atom. The lowest BCUT2D eigenvalue weighted by Crippen LogP contribution is -1.94. The van der Waals surface area contributed by atoms with Gasteiger partial charge in [-0.25, -0.2) is 4.39 Å². The van der Waals surface area contributed by atoms with Gasteiger partial charge in [0.25, 0.3) is 0 Å². The van der Waals surface area contributed by atoms with Crippen molar-refractivity contribution < 1.29 is 4.39 Å². The van der Waals surface area contributed by atoms with Gasteiger partial charge in [0.05, 0.1) is 12.1 Å². The Morgan fingerprint density at radius 1 is 1.54 bits per heavy atom. The Kier molecular flexibility index (Phi) is 3.30. The van der Waals surface area contributed by atoms with Gasteiger partial charge in [0.2, 0.25) is 0 Å². The van der Waals surface area contributed by atoms with Crippen LogP contribution in [-0.2, 0) is 0 Å². The fraction of sp³-hybridized carbons (Fsp3) is 0.200. The number of benzene rings is 1. The van der Waals surface area contributed by atoms with Crippen LogP contribution in [0.4, 0.5) is 4.39 Å². The van der Waals surface area contributed by atoms with Crippen LogP contribution < -0.4 is 5.73 Å². The number of aryl methyl sites for hydroxylation is 1. The quantitative estimate of drug-likeness (QED) is 0.634. The van der Waals surface area contributed by atoms with Crippen LogP contribution in [0.5, 0.6) is 0 Å². The molecule has 0 heterocycles. The van der Waals surface area contributed by atoms with Crippen LogP contribution in [0.15, 0.2) is 12.1 Å². The van der Waals surface area contributed by atoms with Gasteiger partial charge in [0.15, 0.2) is 0 Å². The van der Waals surface area contributed by atoms with E-state index in [2.05, 4.69) is 11.8 Å². The summed E-state index contributed by atoms with van der Waals surface area (Å²) in [6.07, 6.45) is 0. The topological polar surface area (TPSA) is 26.0 Å². The maximum absolute atomic E-state index is 13.2. The summed E-state index contributed by atoms with van der Waals surface area (Å²) >= 11 is 5.80. The normalized spacial score (nSPS) is 9.23. The zero-order valence-electron chi connectivity index (χ0n) is 7.20. The van der Waals surface area contributed by atoms with Crippen molar-refractivity contribution in [3.8, 4) is 11.8 Å². The van der Waals surface area contributed by atoms with E-state index in [1.54, 1.807) is 6.92 Å². The highest BCUT2D eigenvalue weighted by Gasteiger charge is 2.02. The van der Waals surface area contributed by atoms with Crippen LogP contribution >= 0.6 is 11.6 Å². The van der Waals surface area contributed by atoms with Gasteiger partial charge in [-0.05, 0) is 24.6 Å². The van der Waals surface area contributed by atoms with Gasteiger partial charge in [-0.1, -0.05) is 23.4 Å². The van der Waals surface area contributed by atoms with Gasteiger partial charge in [-0.3, -0.25) is 0 Å². The standard InChI is InChI=1S/C10H9ClFN/c1-7-5-10(12)8(3-2-4-13)6-9(7)11/h5-6H,4,13H2,1H3. The number of nitrogens with two attached hydrogens (primary N) is 1. The summed E-state index contributed by atoms with van der Waals surface area (Å²) in [6, 6.07) is 2.87. The lowest BCUT2D eigenvalue weighted by Gasteiger charge is -1.99. The van der Waals surface area contributed by atoms with E-state index in [1.807, 2.05) is 0 Å². The Morgan fingerprint density at radius 2 is 2.23 bits per heavy atom. The van der Waals surface area contributed by atoms with E-state index in [0.717, 1.165) is 0 Å². The van der Waals surface area contributed by atoms with Gasteiger partial charge < -0.3 is 5.73 Å². The van der Waals surface area contributed by atoms with Crippen LogP contribution in [0.25, 0.3) is 0 Å². The van der Waals surface area contributed by atoms with Gasteiger partial charge in [0.1, 0.15) is 5.82 Å². The average Bonchev–Trinajstić information content (AvgIpc) is 2.09. The average molecular weight is 198 g/mol. The molecule has 0 radical (unpaired) electrons. The molecule has 0 saturated heterocycles. The third-order valence-corrected chi connectivity index (χ3v) is 1.98. The molecule has 0 aliphatic carbocycles. The molecule has 1 nitrogen and oxygen atoms in total. The molecule has 0 aliphatic heterocycles. The predicted molar refractivity (Wildman–Crippen MR) is 52.1 cm³/mol. The Balaban J connectivity index is 3.16. The highest BCUT2D eigenvalue weighted by molar-refractivity contribution is 6.31. The van der Waals surface area contributed by atoms with E-state index in [4.69, 9.17) is 17.3 Å². The smallest absolute Gasteiger partial charge is 0.139 e. The van der Waals surface area contributed by atoms with Crippen LogP contribution in [-0.4, -0.2) is 6.54 Å². The number of hydrogen-bond donors (Lipinski definition) is 1. The summed E-state index contributed by atoms with van der Waals surface area (Å²) in [6.45, 7) is 1.95. The highest BCUT2D eigenvalue weighted by atomic mass is 35.5. The first kappa shape index (κ1) is 10.0. The second-order valence-electron chi connectivity index (χ2n) is 2.59.